The average molecular weight is 467 g/mol. The highest BCUT2D eigenvalue weighted by atomic mass is 19.4. The number of aromatic amines is 1. The van der Waals surface area contributed by atoms with E-state index in [-0.39, 0.29) is 24.9 Å². The van der Waals surface area contributed by atoms with Crippen LogP contribution in [0.25, 0.3) is 0 Å². The molecule has 33 heavy (non-hydrogen) atoms. The zero-order valence-electron chi connectivity index (χ0n) is 17.2. The third kappa shape index (κ3) is 4.62. The van der Waals surface area contributed by atoms with Gasteiger partial charge < -0.3 is 14.8 Å². The topological polar surface area (TPSA) is 76.2 Å². The summed E-state index contributed by atoms with van der Waals surface area (Å²) in [4.78, 5) is 12.0. The van der Waals surface area contributed by atoms with E-state index >= 15 is 0 Å². The number of alkyl halides is 5. The summed E-state index contributed by atoms with van der Waals surface area (Å²) >= 11 is 0. The number of benzene rings is 2. The van der Waals surface area contributed by atoms with Crippen molar-refractivity contribution in [3.8, 4) is 11.5 Å². The molecule has 1 aromatic heterocycles. The second-order valence-corrected chi connectivity index (χ2v) is 7.41. The monoisotopic (exact) mass is 467 g/mol. The zero-order valence-corrected chi connectivity index (χ0v) is 17.2. The van der Waals surface area contributed by atoms with Crippen molar-refractivity contribution < 1.29 is 36.2 Å². The van der Waals surface area contributed by atoms with Crippen LogP contribution in [-0.2, 0) is 17.6 Å². The second kappa shape index (κ2) is 8.72. The number of anilines is 1. The number of rotatable bonds is 6. The highest BCUT2D eigenvalue weighted by Crippen LogP contribution is 2.40. The zero-order chi connectivity index (χ0) is 23.8. The highest BCUT2D eigenvalue weighted by molar-refractivity contribution is 5.94. The number of hydrogen-bond donors (Lipinski definition) is 2. The number of methoxy groups -OCH3 is 1. The van der Waals surface area contributed by atoms with Gasteiger partial charge in [0.15, 0.2) is 5.82 Å². The average Bonchev–Trinajstić information content (AvgIpc) is 3.24. The summed E-state index contributed by atoms with van der Waals surface area (Å²) in [5.74, 6) is -0.256. The van der Waals surface area contributed by atoms with E-state index < -0.39 is 29.5 Å². The van der Waals surface area contributed by atoms with Gasteiger partial charge in [0.05, 0.1) is 12.7 Å². The molecule has 0 saturated carbocycles. The van der Waals surface area contributed by atoms with E-state index in [2.05, 4.69) is 15.5 Å². The Morgan fingerprint density at radius 1 is 1.15 bits per heavy atom. The smallest absolute Gasteiger partial charge is 0.419 e. The minimum atomic E-state index is -4.86. The summed E-state index contributed by atoms with van der Waals surface area (Å²) in [5, 5.41) is 9.39. The Balaban J connectivity index is 1.59. The third-order valence-electron chi connectivity index (χ3n) is 5.35. The van der Waals surface area contributed by atoms with Crippen LogP contribution in [-0.4, -0.2) is 23.2 Å². The van der Waals surface area contributed by atoms with E-state index in [4.69, 9.17) is 9.47 Å². The molecule has 0 fully saturated rings. The van der Waals surface area contributed by atoms with Gasteiger partial charge in [0.2, 0.25) is 5.91 Å². The first kappa shape index (κ1) is 22.6. The maximum absolute atomic E-state index is 13.4. The molecule has 1 amide bonds. The Kier molecular flexibility index (Phi) is 5.96. The van der Waals surface area contributed by atoms with Gasteiger partial charge in [0.25, 0.3) is 6.43 Å². The fourth-order valence-corrected chi connectivity index (χ4v) is 3.72. The van der Waals surface area contributed by atoms with Crippen LogP contribution >= 0.6 is 0 Å². The maximum Gasteiger partial charge on any atom is 0.419 e. The van der Waals surface area contributed by atoms with Gasteiger partial charge in [0, 0.05) is 35.2 Å². The van der Waals surface area contributed by atoms with Crippen LogP contribution < -0.4 is 14.8 Å². The summed E-state index contributed by atoms with van der Waals surface area (Å²) in [5.41, 5.74) is -0.0247. The number of nitrogens with one attached hydrogen (secondary N) is 2. The van der Waals surface area contributed by atoms with Gasteiger partial charge in [-0.25, -0.2) is 8.78 Å². The van der Waals surface area contributed by atoms with Crippen molar-refractivity contribution in [3.05, 3.63) is 70.4 Å². The number of ether oxygens (including phenoxy) is 2. The number of halogens is 5. The van der Waals surface area contributed by atoms with E-state index in [0.29, 0.717) is 23.2 Å². The lowest BCUT2D eigenvalue weighted by atomic mass is 9.87. The number of nitrogens with zero attached hydrogens (tertiary/aromatic N) is 1. The Hall–Kier alpha value is -3.63. The fraction of sp³-hybridized carbons (Fsp3) is 0.273. The number of amides is 1. The van der Waals surface area contributed by atoms with Crippen LogP contribution in [0, 0.1) is 0 Å². The Morgan fingerprint density at radius 3 is 2.64 bits per heavy atom. The van der Waals surface area contributed by atoms with Crippen LogP contribution in [0.1, 0.15) is 46.6 Å². The van der Waals surface area contributed by atoms with Gasteiger partial charge in [0.1, 0.15) is 18.1 Å². The SMILES string of the molecule is COc1cc(C2CC(=O)Nc3n[nH]cc32)ccc1COc1ccc(C(F)F)cc1C(F)(F)F. The summed E-state index contributed by atoms with van der Waals surface area (Å²) < 4.78 is 76.5. The number of H-pyrrole nitrogens is 1. The first-order chi connectivity index (χ1) is 15.7. The van der Waals surface area contributed by atoms with Crippen LogP contribution in [0.2, 0.25) is 0 Å². The van der Waals surface area contributed by atoms with Crippen molar-refractivity contribution in [2.24, 2.45) is 0 Å². The molecule has 2 N–H and O–H groups in total. The predicted molar refractivity (Wildman–Crippen MR) is 107 cm³/mol. The van der Waals surface area contributed by atoms with Gasteiger partial charge in [-0.3, -0.25) is 9.89 Å². The van der Waals surface area contributed by atoms with E-state index in [0.717, 1.165) is 23.3 Å². The van der Waals surface area contributed by atoms with Crippen molar-refractivity contribution in [2.45, 2.75) is 31.5 Å². The summed E-state index contributed by atoms with van der Waals surface area (Å²) in [6.45, 7) is -0.289. The lowest BCUT2D eigenvalue weighted by molar-refractivity contribution is -0.139. The van der Waals surface area contributed by atoms with Crippen molar-refractivity contribution in [1.29, 1.82) is 0 Å². The molecule has 0 radical (unpaired) electrons. The molecule has 2 aromatic carbocycles. The van der Waals surface area contributed by atoms with Crippen molar-refractivity contribution in [2.75, 3.05) is 12.4 Å². The first-order valence-electron chi connectivity index (χ1n) is 9.79. The molecule has 1 aliphatic rings. The van der Waals surface area contributed by atoms with Gasteiger partial charge >= 0.3 is 6.18 Å². The van der Waals surface area contributed by atoms with Gasteiger partial charge in [-0.15, -0.1) is 0 Å². The summed E-state index contributed by atoms with van der Waals surface area (Å²) in [7, 11) is 1.40. The van der Waals surface area contributed by atoms with Crippen LogP contribution in [0.15, 0.2) is 42.6 Å². The standard InChI is InChI=1S/C22H18F5N3O3/c1-32-18-7-11(14-8-19(31)29-21-15(14)9-28-30-21)2-3-13(18)10-33-17-5-4-12(20(23)24)6-16(17)22(25,26)27/h2-7,9,14,20H,8,10H2,1H3,(H2,28,29,30,31). The molecular formula is C22H18F5N3O3. The molecule has 1 unspecified atom stereocenters. The Bertz CT molecular complexity index is 1180. The first-order valence-corrected chi connectivity index (χ1v) is 9.79. The van der Waals surface area contributed by atoms with Crippen LogP contribution in [0.5, 0.6) is 11.5 Å². The molecule has 0 aliphatic carbocycles. The van der Waals surface area contributed by atoms with E-state index in [1.165, 1.54) is 7.11 Å². The summed E-state index contributed by atoms with van der Waals surface area (Å²) in [6, 6.07) is 7.20. The third-order valence-corrected chi connectivity index (χ3v) is 5.35. The van der Waals surface area contributed by atoms with Gasteiger partial charge in [-0.2, -0.15) is 18.3 Å². The molecule has 11 heteroatoms. The van der Waals surface area contributed by atoms with Gasteiger partial charge in [-0.05, 0) is 29.8 Å². The largest absolute Gasteiger partial charge is 0.496 e. The van der Waals surface area contributed by atoms with E-state index in [9.17, 15) is 26.7 Å². The molecule has 4 rings (SSSR count). The van der Waals surface area contributed by atoms with Crippen molar-refractivity contribution in [1.82, 2.24) is 10.2 Å². The number of carbonyl (C=O) groups is 1. The molecule has 174 valence electrons. The Labute approximate surface area is 184 Å². The molecule has 2 heterocycles. The fourth-order valence-electron chi connectivity index (χ4n) is 3.72. The number of carbonyl (C=O) groups excluding carboxylic acids is 1. The van der Waals surface area contributed by atoms with Crippen LogP contribution in [0.3, 0.4) is 0 Å². The lowest BCUT2D eigenvalue weighted by Gasteiger charge is -2.23. The molecule has 3 aromatic rings. The van der Waals surface area contributed by atoms with E-state index in [1.54, 1.807) is 24.4 Å². The number of fused-ring (bicyclic) bond motifs is 1. The highest BCUT2D eigenvalue weighted by Gasteiger charge is 2.35. The molecule has 0 saturated heterocycles. The predicted octanol–water partition coefficient (Wildman–Crippen LogP) is 5.43. The lowest BCUT2D eigenvalue weighted by Crippen LogP contribution is -2.23. The molecule has 1 atom stereocenters. The normalized spacial score (nSPS) is 15.8. The molecule has 1 aliphatic heterocycles. The second-order valence-electron chi connectivity index (χ2n) is 7.41. The molecule has 0 spiro atoms. The minimum Gasteiger partial charge on any atom is -0.496 e. The number of hydrogen-bond acceptors (Lipinski definition) is 4. The Morgan fingerprint density at radius 2 is 1.94 bits per heavy atom. The molecule has 6 nitrogen and oxygen atoms in total. The van der Waals surface area contributed by atoms with Crippen molar-refractivity contribution >= 4 is 11.7 Å². The van der Waals surface area contributed by atoms with Crippen LogP contribution in [0.4, 0.5) is 27.8 Å². The quantitative estimate of drug-likeness (QED) is 0.474. The van der Waals surface area contributed by atoms with Crippen molar-refractivity contribution in [3.63, 3.8) is 0 Å². The summed E-state index contributed by atoms with van der Waals surface area (Å²) in [6.07, 6.45) is -6.02. The molecular weight excluding hydrogens is 449 g/mol. The van der Waals surface area contributed by atoms with E-state index in [1.807, 2.05) is 0 Å². The number of aromatic nitrogens is 2. The maximum atomic E-state index is 13.4. The molecule has 0 bridgehead atoms. The van der Waals surface area contributed by atoms with Gasteiger partial charge in [-0.1, -0.05) is 12.1 Å². The minimum absolute atomic E-state index is 0.191.